The third-order valence-electron chi connectivity index (χ3n) is 3.84. The summed E-state index contributed by atoms with van der Waals surface area (Å²) in [5, 5.41) is 2.58. The van der Waals surface area contributed by atoms with Gasteiger partial charge in [0, 0.05) is 12.6 Å². The molecule has 9 heteroatoms. The second kappa shape index (κ2) is 10.1. The van der Waals surface area contributed by atoms with Gasteiger partial charge in [0.05, 0.1) is 23.3 Å². The number of esters is 1. The molecule has 0 heterocycles. The average Bonchev–Trinajstić information content (AvgIpc) is 2.66. The normalized spacial score (nSPS) is 11.1. The summed E-state index contributed by atoms with van der Waals surface area (Å²) < 4.78 is 38.5. The molecule has 0 aliphatic carbocycles. The highest BCUT2D eigenvalue weighted by atomic mass is 32.2. The van der Waals surface area contributed by atoms with Gasteiger partial charge in [0.1, 0.15) is 12.3 Å². The maximum atomic E-state index is 13.4. The second-order valence-electron chi connectivity index (χ2n) is 6.66. The smallest absolute Gasteiger partial charge is 0.327 e. The highest BCUT2D eigenvalue weighted by Crippen LogP contribution is 2.32. The third-order valence-corrected chi connectivity index (χ3v) is 5.61. The van der Waals surface area contributed by atoms with Crippen molar-refractivity contribution in [3.63, 3.8) is 0 Å². The summed E-state index contributed by atoms with van der Waals surface area (Å²) in [5.41, 5.74) is 0.688. The minimum absolute atomic E-state index is 0.0414. The zero-order chi connectivity index (χ0) is 22.3. The van der Waals surface area contributed by atoms with E-state index in [0.29, 0.717) is 18.0 Å². The molecule has 0 radical (unpaired) electrons. The molecule has 30 heavy (non-hydrogen) atoms. The van der Waals surface area contributed by atoms with Gasteiger partial charge >= 0.3 is 5.97 Å². The van der Waals surface area contributed by atoms with Crippen LogP contribution in [0.3, 0.4) is 0 Å². The SMILES string of the molecule is CCOc1ccccc1N(CC(=O)OC(C)C)S(=O)(=O)c1ccc(NC(C)=O)cc1. The first-order valence-corrected chi connectivity index (χ1v) is 10.9. The van der Waals surface area contributed by atoms with Gasteiger partial charge in [-0.05, 0) is 57.2 Å². The Kier molecular flexibility index (Phi) is 7.82. The molecule has 1 amide bonds. The Morgan fingerprint density at radius 3 is 2.27 bits per heavy atom. The van der Waals surface area contributed by atoms with Crippen LogP contribution in [0.1, 0.15) is 27.7 Å². The van der Waals surface area contributed by atoms with Gasteiger partial charge in [0.15, 0.2) is 0 Å². The molecular formula is C21H26N2O6S. The Balaban J connectivity index is 2.49. The summed E-state index contributed by atoms with van der Waals surface area (Å²) in [7, 11) is -4.13. The van der Waals surface area contributed by atoms with Crippen LogP contribution in [0.5, 0.6) is 5.75 Å². The Morgan fingerprint density at radius 2 is 1.70 bits per heavy atom. The Morgan fingerprint density at radius 1 is 1.07 bits per heavy atom. The van der Waals surface area contributed by atoms with Gasteiger partial charge in [-0.2, -0.15) is 0 Å². The maximum Gasteiger partial charge on any atom is 0.327 e. The fourth-order valence-corrected chi connectivity index (χ4v) is 4.12. The number of carbonyl (C=O) groups is 2. The molecule has 0 saturated carbocycles. The second-order valence-corrected chi connectivity index (χ2v) is 8.52. The monoisotopic (exact) mass is 434 g/mol. The van der Waals surface area contributed by atoms with Gasteiger partial charge in [-0.3, -0.25) is 13.9 Å². The molecular weight excluding hydrogens is 408 g/mol. The predicted octanol–water partition coefficient (Wildman–Crippen LogP) is 3.19. The molecule has 0 spiro atoms. The van der Waals surface area contributed by atoms with E-state index in [1.165, 1.54) is 31.2 Å². The van der Waals surface area contributed by atoms with Gasteiger partial charge in [0.2, 0.25) is 5.91 Å². The molecule has 162 valence electrons. The summed E-state index contributed by atoms with van der Waals surface area (Å²) in [6.45, 7) is 6.32. The van der Waals surface area contributed by atoms with Crippen molar-refractivity contribution >= 4 is 33.3 Å². The lowest BCUT2D eigenvalue weighted by atomic mass is 10.3. The van der Waals surface area contributed by atoms with Gasteiger partial charge in [-0.15, -0.1) is 0 Å². The van der Waals surface area contributed by atoms with Crippen LogP contribution in [-0.2, 0) is 24.3 Å². The van der Waals surface area contributed by atoms with Crippen molar-refractivity contribution in [1.29, 1.82) is 0 Å². The van der Waals surface area contributed by atoms with Crippen LogP contribution >= 0.6 is 0 Å². The number of nitrogens with zero attached hydrogens (tertiary/aromatic N) is 1. The van der Waals surface area contributed by atoms with E-state index in [2.05, 4.69) is 5.32 Å². The number of ether oxygens (including phenoxy) is 2. The van der Waals surface area contributed by atoms with E-state index in [1.54, 1.807) is 45.0 Å². The Hall–Kier alpha value is -3.07. The van der Waals surface area contributed by atoms with Crippen LogP contribution in [0.2, 0.25) is 0 Å². The molecule has 0 fully saturated rings. The molecule has 0 unspecified atom stereocenters. The summed E-state index contributed by atoms with van der Waals surface area (Å²) in [6.07, 6.45) is -0.388. The van der Waals surface area contributed by atoms with Crippen LogP contribution in [0.15, 0.2) is 53.4 Å². The topological polar surface area (TPSA) is 102 Å². The number of carbonyl (C=O) groups excluding carboxylic acids is 2. The molecule has 0 saturated heterocycles. The van der Waals surface area contributed by atoms with Crippen LogP contribution in [0.4, 0.5) is 11.4 Å². The van der Waals surface area contributed by atoms with Gasteiger partial charge in [-0.25, -0.2) is 8.42 Å². The predicted molar refractivity (Wildman–Crippen MR) is 114 cm³/mol. The number of para-hydroxylation sites is 2. The lowest BCUT2D eigenvalue weighted by molar-refractivity contribution is -0.145. The minimum Gasteiger partial charge on any atom is -0.492 e. The third kappa shape index (κ3) is 5.96. The molecule has 2 aromatic carbocycles. The first-order valence-electron chi connectivity index (χ1n) is 9.46. The molecule has 2 rings (SSSR count). The van der Waals surface area contributed by atoms with Crippen LogP contribution < -0.4 is 14.4 Å². The van der Waals surface area contributed by atoms with Crippen molar-refractivity contribution in [2.24, 2.45) is 0 Å². The minimum atomic E-state index is -4.13. The summed E-state index contributed by atoms with van der Waals surface area (Å²) in [4.78, 5) is 23.5. The summed E-state index contributed by atoms with van der Waals surface area (Å²) in [5.74, 6) is -0.625. The van der Waals surface area contributed by atoms with E-state index in [9.17, 15) is 18.0 Å². The quantitative estimate of drug-likeness (QED) is 0.608. The fraction of sp³-hybridized carbons (Fsp3) is 0.333. The van der Waals surface area contributed by atoms with E-state index in [4.69, 9.17) is 9.47 Å². The number of sulfonamides is 1. The molecule has 1 N–H and O–H groups in total. The number of rotatable bonds is 9. The number of hydrogen-bond donors (Lipinski definition) is 1. The summed E-state index contributed by atoms with van der Waals surface area (Å²) >= 11 is 0. The van der Waals surface area contributed by atoms with Crippen LogP contribution in [0, 0.1) is 0 Å². The van der Waals surface area contributed by atoms with Crippen LogP contribution in [0.25, 0.3) is 0 Å². The molecule has 0 bridgehead atoms. The first-order chi connectivity index (χ1) is 14.1. The van der Waals surface area contributed by atoms with E-state index in [-0.39, 0.29) is 22.6 Å². The van der Waals surface area contributed by atoms with Crippen molar-refractivity contribution in [2.75, 3.05) is 22.8 Å². The van der Waals surface area contributed by atoms with Crippen molar-refractivity contribution in [1.82, 2.24) is 0 Å². The molecule has 8 nitrogen and oxygen atoms in total. The zero-order valence-corrected chi connectivity index (χ0v) is 18.2. The van der Waals surface area contributed by atoms with E-state index >= 15 is 0 Å². The van der Waals surface area contributed by atoms with Crippen molar-refractivity contribution in [3.8, 4) is 5.75 Å². The number of nitrogens with one attached hydrogen (secondary N) is 1. The number of anilines is 2. The van der Waals surface area contributed by atoms with E-state index in [1.807, 2.05) is 0 Å². The molecule has 2 aromatic rings. The molecule has 0 aromatic heterocycles. The van der Waals surface area contributed by atoms with Crippen LogP contribution in [-0.4, -0.2) is 39.5 Å². The van der Waals surface area contributed by atoms with E-state index < -0.39 is 22.5 Å². The highest BCUT2D eigenvalue weighted by Gasteiger charge is 2.30. The average molecular weight is 435 g/mol. The number of benzene rings is 2. The van der Waals surface area contributed by atoms with Gasteiger partial charge < -0.3 is 14.8 Å². The first kappa shape index (κ1) is 23.2. The highest BCUT2D eigenvalue weighted by molar-refractivity contribution is 7.92. The molecule has 0 atom stereocenters. The number of amides is 1. The van der Waals surface area contributed by atoms with Crippen molar-refractivity contribution in [2.45, 2.75) is 38.7 Å². The lowest BCUT2D eigenvalue weighted by Crippen LogP contribution is -2.37. The lowest BCUT2D eigenvalue weighted by Gasteiger charge is -2.26. The number of hydrogen-bond acceptors (Lipinski definition) is 6. The zero-order valence-electron chi connectivity index (χ0n) is 17.4. The maximum absolute atomic E-state index is 13.4. The Bertz CT molecular complexity index is 987. The molecule has 0 aliphatic rings. The standard InChI is InChI=1S/C21H26N2O6S/c1-5-28-20-9-7-6-8-19(20)23(14-21(25)29-15(2)3)30(26,27)18-12-10-17(11-13-18)22-16(4)24/h6-13,15H,5,14H2,1-4H3,(H,22,24). The Labute approximate surface area is 176 Å². The molecule has 0 aliphatic heterocycles. The summed E-state index contributed by atoms with van der Waals surface area (Å²) in [6, 6.07) is 12.3. The largest absolute Gasteiger partial charge is 0.492 e. The van der Waals surface area contributed by atoms with Crippen molar-refractivity contribution in [3.05, 3.63) is 48.5 Å². The van der Waals surface area contributed by atoms with Gasteiger partial charge in [0.25, 0.3) is 10.0 Å². The van der Waals surface area contributed by atoms with E-state index in [0.717, 1.165) is 4.31 Å². The van der Waals surface area contributed by atoms with Crippen molar-refractivity contribution < 1.29 is 27.5 Å². The van der Waals surface area contributed by atoms with Gasteiger partial charge in [-0.1, -0.05) is 12.1 Å². The fourth-order valence-electron chi connectivity index (χ4n) is 2.70.